The van der Waals surface area contributed by atoms with Crippen LogP contribution >= 0.6 is 0 Å². The van der Waals surface area contributed by atoms with Crippen LogP contribution in [0.25, 0.3) is 22.6 Å². The van der Waals surface area contributed by atoms with Crippen molar-refractivity contribution in [2.75, 3.05) is 0 Å². The molecule has 0 atom stereocenters. The molecule has 94 valence electrons. The van der Waals surface area contributed by atoms with Crippen molar-refractivity contribution >= 4 is 0 Å². The van der Waals surface area contributed by atoms with E-state index in [2.05, 4.69) is 9.97 Å². The van der Waals surface area contributed by atoms with Gasteiger partial charge in [-0.15, -0.1) is 0 Å². The Kier molecular flexibility index (Phi) is 2.76. The highest BCUT2D eigenvalue weighted by molar-refractivity contribution is 5.76. The lowest BCUT2D eigenvalue weighted by Gasteiger charge is -2.01. The number of phenols is 1. The fourth-order valence-corrected chi connectivity index (χ4v) is 1.94. The first-order valence-corrected chi connectivity index (χ1v) is 5.91. The number of rotatable bonds is 2. The summed E-state index contributed by atoms with van der Waals surface area (Å²) in [6.45, 7) is 1.81. The standard InChI is InChI=1S/C15H12N2O2/c1-10-17-14(11-2-4-13(18)5-3-11)15(19-10)12-6-8-16-9-7-12/h2-9,18H,1H3. The van der Waals surface area contributed by atoms with Crippen LogP contribution in [0.2, 0.25) is 0 Å². The quantitative estimate of drug-likeness (QED) is 0.759. The minimum Gasteiger partial charge on any atom is -0.508 e. The maximum absolute atomic E-state index is 9.34. The fourth-order valence-electron chi connectivity index (χ4n) is 1.94. The van der Waals surface area contributed by atoms with Gasteiger partial charge in [-0.05, 0) is 36.4 Å². The van der Waals surface area contributed by atoms with Gasteiger partial charge < -0.3 is 9.52 Å². The van der Waals surface area contributed by atoms with Crippen LogP contribution in [0.3, 0.4) is 0 Å². The molecule has 0 aliphatic carbocycles. The number of aromatic hydroxyl groups is 1. The molecule has 1 N–H and O–H groups in total. The number of nitrogens with zero attached hydrogens (tertiary/aromatic N) is 2. The Labute approximate surface area is 110 Å². The molecule has 1 aromatic carbocycles. The smallest absolute Gasteiger partial charge is 0.192 e. The summed E-state index contributed by atoms with van der Waals surface area (Å²) in [6, 6.07) is 10.7. The highest BCUT2D eigenvalue weighted by Gasteiger charge is 2.14. The van der Waals surface area contributed by atoms with Gasteiger partial charge in [0.25, 0.3) is 0 Å². The molecule has 0 amide bonds. The van der Waals surface area contributed by atoms with Crippen LogP contribution in [0.5, 0.6) is 5.75 Å². The number of oxazole rings is 1. The van der Waals surface area contributed by atoms with Gasteiger partial charge in [0.15, 0.2) is 11.7 Å². The largest absolute Gasteiger partial charge is 0.508 e. The van der Waals surface area contributed by atoms with Crippen molar-refractivity contribution in [3.05, 3.63) is 54.7 Å². The second-order valence-corrected chi connectivity index (χ2v) is 4.19. The van der Waals surface area contributed by atoms with Crippen molar-refractivity contribution < 1.29 is 9.52 Å². The molecule has 3 rings (SSSR count). The highest BCUT2D eigenvalue weighted by Crippen LogP contribution is 2.32. The van der Waals surface area contributed by atoms with Gasteiger partial charge in [-0.3, -0.25) is 4.98 Å². The third-order valence-corrected chi connectivity index (χ3v) is 2.82. The van der Waals surface area contributed by atoms with Crippen molar-refractivity contribution in [3.8, 4) is 28.3 Å². The van der Waals surface area contributed by atoms with Gasteiger partial charge in [0.1, 0.15) is 11.4 Å². The van der Waals surface area contributed by atoms with Gasteiger partial charge in [0, 0.05) is 30.4 Å². The molecule has 2 heterocycles. The van der Waals surface area contributed by atoms with Crippen molar-refractivity contribution in [2.24, 2.45) is 0 Å². The lowest BCUT2D eigenvalue weighted by molar-refractivity contribution is 0.475. The topological polar surface area (TPSA) is 59.2 Å². The number of phenolic OH excluding ortho intramolecular Hbond substituents is 1. The van der Waals surface area contributed by atoms with Gasteiger partial charge >= 0.3 is 0 Å². The van der Waals surface area contributed by atoms with Crippen molar-refractivity contribution in [3.63, 3.8) is 0 Å². The molecule has 0 saturated carbocycles. The van der Waals surface area contributed by atoms with Crippen LogP contribution < -0.4 is 0 Å². The third-order valence-electron chi connectivity index (χ3n) is 2.82. The minimum atomic E-state index is 0.231. The van der Waals surface area contributed by atoms with Gasteiger partial charge in [0.2, 0.25) is 0 Å². The normalized spacial score (nSPS) is 10.6. The third kappa shape index (κ3) is 2.20. The van der Waals surface area contributed by atoms with E-state index in [0.29, 0.717) is 11.7 Å². The van der Waals surface area contributed by atoms with Crippen LogP contribution in [0.15, 0.2) is 53.2 Å². The summed E-state index contributed by atoms with van der Waals surface area (Å²) in [5.41, 5.74) is 2.60. The second-order valence-electron chi connectivity index (χ2n) is 4.19. The Morgan fingerprint density at radius 3 is 2.32 bits per heavy atom. The Hall–Kier alpha value is -2.62. The molecule has 0 aliphatic heterocycles. The van der Waals surface area contributed by atoms with E-state index in [0.717, 1.165) is 16.8 Å². The average Bonchev–Trinajstić information content (AvgIpc) is 2.83. The Morgan fingerprint density at radius 2 is 1.63 bits per heavy atom. The fraction of sp³-hybridized carbons (Fsp3) is 0.0667. The van der Waals surface area contributed by atoms with Gasteiger partial charge in [-0.1, -0.05) is 0 Å². The summed E-state index contributed by atoms with van der Waals surface area (Å²) < 4.78 is 5.68. The molecule has 4 heteroatoms. The monoisotopic (exact) mass is 252 g/mol. The van der Waals surface area contributed by atoms with Crippen LogP contribution in [-0.2, 0) is 0 Å². The first-order valence-electron chi connectivity index (χ1n) is 5.91. The molecule has 0 bridgehead atoms. The summed E-state index contributed by atoms with van der Waals surface area (Å²) in [6.07, 6.45) is 3.43. The zero-order valence-corrected chi connectivity index (χ0v) is 10.4. The minimum absolute atomic E-state index is 0.231. The maximum atomic E-state index is 9.34. The van der Waals surface area contributed by atoms with E-state index < -0.39 is 0 Å². The van der Waals surface area contributed by atoms with Gasteiger partial charge in [-0.25, -0.2) is 4.98 Å². The molecule has 0 unspecified atom stereocenters. The molecule has 0 spiro atoms. The molecular formula is C15H12N2O2. The summed E-state index contributed by atoms with van der Waals surface area (Å²) in [5, 5.41) is 9.34. The average molecular weight is 252 g/mol. The van der Waals surface area contributed by atoms with E-state index in [1.165, 1.54) is 0 Å². The molecule has 0 fully saturated rings. The van der Waals surface area contributed by atoms with Crippen molar-refractivity contribution in [2.45, 2.75) is 6.92 Å². The second kappa shape index (κ2) is 4.57. The van der Waals surface area contributed by atoms with Crippen LogP contribution in [-0.4, -0.2) is 15.1 Å². The van der Waals surface area contributed by atoms with E-state index >= 15 is 0 Å². The van der Waals surface area contributed by atoms with Crippen molar-refractivity contribution in [1.82, 2.24) is 9.97 Å². The lowest BCUT2D eigenvalue weighted by Crippen LogP contribution is -1.82. The predicted molar refractivity (Wildman–Crippen MR) is 71.6 cm³/mol. The van der Waals surface area contributed by atoms with Crippen LogP contribution in [0, 0.1) is 6.92 Å². The highest BCUT2D eigenvalue weighted by atomic mass is 16.4. The zero-order chi connectivity index (χ0) is 13.2. The molecule has 0 radical (unpaired) electrons. The Balaban J connectivity index is 2.15. The van der Waals surface area contributed by atoms with E-state index in [1.807, 2.05) is 31.2 Å². The number of hydrogen-bond acceptors (Lipinski definition) is 4. The van der Waals surface area contributed by atoms with Gasteiger partial charge in [-0.2, -0.15) is 0 Å². The number of aryl methyl sites for hydroxylation is 1. The van der Waals surface area contributed by atoms with E-state index in [-0.39, 0.29) is 5.75 Å². The molecule has 0 aliphatic rings. The molecule has 4 nitrogen and oxygen atoms in total. The zero-order valence-electron chi connectivity index (χ0n) is 10.4. The summed E-state index contributed by atoms with van der Waals surface area (Å²) in [5.74, 6) is 1.55. The maximum Gasteiger partial charge on any atom is 0.192 e. The SMILES string of the molecule is Cc1nc(-c2ccc(O)cc2)c(-c2ccncc2)o1. The summed E-state index contributed by atoms with van der Waals surface area (Å²) in [4.78, 5) is 8.41. The Morgan fingerprint density at radius 1 is 0.947 bits per heavy atom. The summed E-state index contributed by atoms with van der Waals surface area (Å²) in [7, 11) is 0. The molecular weight excluding hydrogens is 240 g/mol. The number of hydrogen-bond donors (Lipinski definition) is 1. The molecule has 3 aromatic rings. The van der Waals surface area contributed by atoms with E-state index in [4.69, 9.17) is 4.42 Å². The van der Waals surface area contributed by atoms with Crippen molar-refractivity contribution in [1.29, 1.82) is 0 Å². The molecule has 2 aromatic heterocycles. The number of aromatic nitrogens is 2. The van der Waals surface area contributed by atoms with E-state index in [1.54, 1.807) is 24.5 Å². The molecule has 19 heavy (non-hydrogen) atoms. The van der Waals surface area contributed by atoms with Crippen LogP contribution in [0.4, 0.5) is 0 Å². The predicted octanol–water partition coefficient (Wildman–Crippen LogP) is 3.42. The summed E-state index contributed by atoms with van der Waals surface area (Å²) >= 11 is 0. The van der Waals surface area contributed by atoms with Gasteiger partial charge in [0.05, 0.1) is 0 Å². The van der Waals surface area contributed by atoms with E-state index in [9.17, 15) is 5.11 Å². The molecule has 0 saturated heterocycles. The number of benzene rings is 1. The first kappa shape index (κ1) is 11.5. The van der Waals surface area contributed by atoms with Crippen LogP contribution in [0.1, 0.15) is 5.89 Å². The Bertz CT molecular complexity index is 688. The first-order chi connectivity index (χ1) is 9.24. The lowest BCUT2D eigenvalue weighted by atomic mass is 10.1. The number of pyridine rings is 1.